The third-order valence-electron chi connectivity index (χ3n) is 17.0. The summed E-state index contributed by atoms with van der Waals surface area (Å²) in [6.07, 6.45) is 33.2. The van der Waals surface area contributed by atoms with Gasteiger partial charge in [0.05, 0.1) is 51.5 Å². The lowest BCUT2D eigenvalue weighted by Gasteiger charge is -2.31. The van der Waals surface area contributed by atoms with Gasteiger partial charge in [-0.3, -0.25) is 38.6 Å². The number of nitrogens with two attached hydrogens (primary N) is 2. The van der Waals surface area contributed by atoms with Crippen LogP contribution in [0.3, 0.4) is 0 Å². The highest BCUT2D eigenvalue weighted by Gasteiger charge is 2.28. The van der Waals surface area contributed by atoms with Gasteiger partial charge in [-0.15, -0.1) is 0 Å². The molecule has 0 aromatic heterocycles. The zero-order chi connectivity index (χ0) is 67.3. The fraction of sp³-hybridized carbons (Fsp3) is 0.972. The molecule has 0 bridgehead atoms. The Morgan fingerprint density at radius 2 is 0.630 bits per heavy atom. The van der Waals surface area contributed by atoms with Gasteiger partial charge in [0.25, 0.3) is 0 Å². The molecule has 92 heavy (non-hydrogen) atoms. The number of thioether (sulfide) groups is 3. The first kappa shape index (κ1) is 89.4. The van der Waals surface area contributed by atoms with E-state index < -0.39 is 0 Å². The van der Waals surface area contributed by atoms with Gasteiger partial charge < -0.3 is 21.3 Å². The number of primary amides is 2. The SMILES string of the molecule is CCCCCCCON1CCC(C(N)=O)C1.CCCCCCCON1CCCC(C(N)=O)C1.CCCCCCCON1CCN(C)CC1.CCCSCCCON1CCC(C)C1.CCCSCCCON1CCCC(C)C1.CCCSCCCON1CCN(C)CC1. The van der Waals surface area contributed by atoms with Gasteiger partial charge in [0.2, 0.25) is 11.8 Å². The Morgan fingerprint density at radius 3 is 0.978 bits per heavy atom. The number of amides is 2. The van der Waals surface area contributed by atoms with Crippen LogP contribution in [0, 0.1) is 23.7 Å². The lowest BCUT2D eigenvalue weighted by Crippen LogP contribution is -2.44. The highest BCUT2D eigenvalue weighted by atomic mass is 32.2. The van der Waals surface area contributed by atoms with Crippen LogP contribution in [-0.4, -0.2) is 245 Å². The summed E-state index contributed by atoms with van der Waals surface area (Å²) in [5, 5.41) is 12.3. The third kappa shape index (κ3) is 54.4. The monoisotopic (exact) mass is 1370 g/mol. The number of hydrogen-bond donors (Lipinski definition) is 2. The summed E-state index contributed by atoms with van der Waals surface area (Å²) < 4.78 is 0. The van der Waals surface area contributed by atoms with Gasteiger partial charge in [0, 0.05) is 105 Å². The molecule has 6 saturated heterocycles. The van der Waals surface area contributed by atoms with Crippen molar-refractivity contribution in [1.82, 2.24) is 40.2 Å². The van der Waals surface area contributed by atoms with Gasteiger partial charge in [-0.1, -0.05) is 132 Å². The minimum absolute atomic E-state index is 0.0138. The number of likely N-dealkylation sites (N-methyl/N-ethyl adjacent to an activating group) is 2. The Bertz CT molecular complexity index is 1570. The quantitative estimate of drug-likeness (QED) is 0.0552. The van der Waals surface area contributed by atoms with Crippen LogP contribution < -0.4 is 11.5 Å². The molecule has 4 unspecified atom stereocenters. The largest absolute Gasteiger partial charge is 0.369 e. The normalized spacial score (nSPS) is 21.4. The summed E-state index contributed by atoms with van der Waals surface area (Å²) in [6.45, 7) is 39.5. The van der Waals surface area contributed by atoms with Crippen LogP contribution in [-0.2, 0) is 38.6 Å². The molecule has 6 aliphatic heterocycles. The first-order valence-electron chi connectivity index (χ1n) is 37.7. The number of carbonyl (C=O) groups excluding carboxylic acids is 2. The third-order valence-corrected chi connectivity index (χ3v) is 20.8. The molecular formula is C71H148N10O8S3. The van der Waals surface area contributed by atoms with Crippen LogP contribution in [0.1, 0.15) is 229 Å². The molecule has 0 aromatic rings. The van der Waals surface area contributed by atoms with Crippen LogP contribution in [0.5, 0.6) is 0 Å². The number of carbonyl (C=O) groups is 2. The number of hydroxylamine groups is 12. The molecule has 6 fully saturated rings. The Balaban J connectivity index is 0.000000553. The van der Waals surface area contributed by atoms with Crippen molar-refractivity contribution in [3.8, 4) is 0 Å². The number of piperidine rings is 2. The van der Waals surface area contributed by atoms with Crippen LogP contribution in [0.15, 0.2) is 0 Å². The van der Waals surface area contributed by atoms with E-state index in [9.17, 15) is 9.59 Å². The van der Waals surface area contributed by atoms with E-state index in [1.807, 2.05) is 45.4 Å². The van der Waals surface area contributed by atoms with Crippen molar-refractivity contribution in [2.24, 2.45) is 35.1 Å². The summed E-state index contributed by atoms with van der Waals surface area (Å²) in [4.78, 5) is 60.8. The fourth-order valence-electron chi connectivity index (χ4n) is 11.0. The molecule has 0 aromatic carbocycles. The molecule has 18 nitrogen and oxygen atoms in total. The van der Waals surface area contributed by atoms with E-state index >= 15 is 0 Å². The molecule has 548 valence electrons. The maximum atomic E-state index is 11.1. The van der Waals surface area contributed by atoms with Gasteiger partial charge in [0.1, 0.15) is 0 Å². The molecule has 6 rings (SSSR count). The minimum atomic E-state index is -0.200. The van der Waals surface area contributed by atoms with E-state index in [2.05, 4.69) is 99.5 Å². The van der Waals surface area contributed by atoms with Crippen LogP contribution in [0.2, 0.25) is 0 Å². The van der Waals surface area contributed by atoms with Crippen molar-refractivity contribution in [2.45, 2.75) is 229 Å². The second kappa shape index (κ2) is 65.1. The van der Waals surface area contributed by atoms with Gasteiger partial charge in [0.15, 0.2) is 0 Å². The summed E-state index contributed by atoms with van der Waals surface area (Å²) in [7, 11) is 4.33. The smallest absolute Gasteiger partial charge is 0.221 e. The topological polar surface area (TPSA) is 167 Å². The fourth-order valence-corrected chi connectivity index (χ4v) is 13.4. The van der Waals surface area contributed by atoms with E-state index in [1.165, 1.54) is 176 Å². The highest BCUT2D eigenvalue weighted by molar-refractivity contribution is 7.99. The van der Waals surface area contributed by atoms with E-state index in [0.29, 0.717) is 13.1 Å². The van der Waals surface area contributed by atoms with Crippen molar-refractivity contribution in [2.75, 3.05) is 193 Å². The van der Waals surface area contributed by atoms with Crippen LogP contribution in [0.4, 0.5) is 0 Å². The summed E-state index contributed by atoms with van der Waals surface area (Å²) >= 11 is 6.11. The zero-order valence-electron chi connectivity index (χ0n) is 61.4. The standard InChI is InChI=1S/C13H26N2O2.C12H24N2O2.C12H26N2O.C12H25NOS.C11H24N2OS.C11H23NOS/c1-2-3-4-5-6-10-17-15-9-7-8-12(11-15)13(14)16;1-2-3-4-5-6-9-16-14-8-7-11(10-14)12(13)15;1-3-4-5-6-7-12-15-14-10-8-13(2)9-11-14;1-3-9-15-10-5-8-14-13-7-4-6-12(2)11-13;1-3-10-15-11-4-9-14-13-7-5-12(2)6-8-13;1-3-8-14-9-4-7-13-12-6-5-11(2)10-12/h12H,2-11H2,1H3,(H2,14,16);11H,2-10H2,1H3,(H2,13,15);3-12H2,1-2H3;12H,3-11H2,1-2H3;3-11H2,1-2H3;11H,3-10H2,1-2H3. The van der Waals surface area contributed by atoms with E-state index in [1.54, 1.807) is 0 Å². The van der Waals surface area contributed by atoms with Crippen molar-refractivity contribution >= 4 is 47.1 Å². The highest BCUT2D eigenvalue weighted by Crippen LogP contribution is 2.20. The van der Waals surface area contributed by atoms with E-state index in [4.69, 9.17) is 40.5 Å². The number of piperazine rings is 2. The van der Waals surface area contributed by atoms with Gasteiger partial charge in [-0.2, -0.15) is 65.7 Å². The lowest BCUT2D eigenvalue weighted by molar-refractivity contribution is -0.181. The second-order valence-corrected chi connectivity index (χ2v) is 30.1. The molecule has 6 heterocycles. The summed E-state index contributed by atoms with van der Waals surface area (Å²) in [5.74, 6) is 8.81. The molecule has 0 spiro atoms. The average molecular weight is 1370 g/mol. The van der Waals surface area contributed by atoms with Gasteiger partial charge >= 0.3 is 0 Å². The molecule has 6 aliphatic rings. The van der Waals surface area contributed by atoms with Crippen LogP contribution in [0.25, 0.3) is 0 Å². The maximum absolute atomic E-state index is 11.1. The first-order chi connectivity index (χ1) is 44.8. The van der Waals surface area contributed by atoms with Crippen molar-refractivity contribution in [3.63, 3.8) is 0 Å². The van der Waals surface area contributed by atoms with Gasteiger partial charge in [-0.05, 0) is 157 Å². The molecule has 21 heteroatoms. The Morgan fingerprint density at radius 1 is 0.326 bits per heavy atom. The molecule has 0 saturated carbocycles. The first-order valence-corrected chi connectivity index (χ1v) is 41.2. The molecule has 0 radical (unpaired) electrons. The predicted octanol–water partition coefficient (Wildman–Crippen LogP) is 13.6. The summed E-state index contributed by atoms with van der Waals surface area (Å²) in [5.41, 5.74) is 10.6. The number of nitrogens with zero attached hydrogens (tertiary/aromatic N) is 8. The zero-order valence-corrected chi connectivity index (χ0v) is 63.9. The maximum Gasteiger partial charge on any atom is 0.221 e. The molecule has 0 aliphatic carbocycles. The Labute approximate surface area is 579 Å². The molecule has 4 atom stereocenters. The minimum Gasteiger partial charge on any atom is -0.369 e. The predicted molar refractivity (Wildman–Crippen MR) is 395 cm³/mol. The molecule has 4 N–H and O–H groups in total. The molecular weight excluding hydrogens is 1220 g/mol. The number of rotatable bonds is 44. The van der Waals surface area contributed by atoms with Crippen molar-refractivity contribution in [1.29, 1.82) is 0 Å². The lowest BCUT2D eigenvalue weighted by atomic mass is 9.99. The Hall–Kier alpha value is -0.570. The van der Waals surface area contributed by atoms with Gasteiger partial charge in [-0.25, -0.2) is 0 Å². The average Bonchev–Trinajstić information content (AvgIpc) is 2.78. The molecule has 2 amide bonds. The summed E-state index contributed by atoms with van der Waals surface area (Å²) in [6, 6.07) is 0. The van der Waals surface area contributed by atoms with E-state index in [0.717, 1.165) is 175 Å². The van der Waals surface area contributed by atoms with Crippen molar-refractivity contribution in [3.05, 3.63) is 0 Å². The van der Waals surface area contributed by atoms with Crippen LogP contribution >= 0.6 is 35.3 Å². The Kier molecular flexibility index (Phi) is 63.3. The van der Waals surface area contributed by atoms with Crippen molar-refractivity contribution < 1.29 is 38.6 Å². The number of hydrogen-bond acceptors (Lipinski definition) is 19. The van der Waals surface area contributed by atoms with E-state index in [-0.39, 0.29) is 23.7 Å². The second-order valence-electron chi connectivity index (χ2n) is 26.4. The number of unbranched alkanes of at least 4 members (excludes halogenated alkanes) is 12.